The monoisotopic (exact) mass is 419 g/mol. The molecule has 0 saturated heterocycles. The molecule has 1 fully saturated rings. The molecule has 1 aromatic heterocycles. The van der Waals surface area contributed by atoms with Gasteiger partial charge in [0, 0.05) is 22.7 Å². The summed E-state index contributed by atoms with van der Waals surface area (Å²) in [5.74, 6) is -2.93. The van der Waals surface area contributed by atoms with Gasteiger partial charge in [-0.2, -0.15) is 0 Å². The fourth-order valence-corrected chi connectivity index (χ4v) is 6.16. The zero-order valence-electron chi connectivity index (χ0n) is 17.5. The smallest absolute Gasteiger partial charge is 0.251 e. The number of anilines is 1. The molecule has 3 atom stereocenters. The normalized spacial score (nSPS) is 24.6. The molecule has 1 heterocycles. The van der Waals surface area contributed by atoms with Crippen molar-refractivity contribution in [2.45, 2.75) is 72.1 Å². The average Bonchev–Trinajstić information content (AvgIpc) is 3.04. The lowest BCUT2D eigenvalue weighted by molar-refractivity contribution is -0.313. The number of primary amides is 1. The van der Waals surface area contributed by atoms with E-state index in [1.54, 1.807) is 0 Å². The molecular formula is C22H31N2O4S-. The van der Waals surface area contributed by atoms with Gasteiger partial charge in [-0.25, -0.2) is 0 Å². The molecule has 160 valence electrons. The molecule has 29 heavy (non-hydrogen) atoms. The molecule has 2 aliphatic carbocycles. The Hall–Kier alpha value is -1.89. The topological polar surface area (TPSA) is 112 Å². The van der Waals surface area contributed by atoms with Crippen molar-refractivity contribution in [3.05, 3.63) is 16.0 Å². The van der Waals surface area contributed by atoms with E-state index in [1.807, 2.05) is 0 Å². The van der Waals surface area contributed by atoms with E-state index >= 15 is 0 Å². The molecule has 7 heteroatoms. The molecule has 0 aromatic carbocycles. The Kier molecular flexibility index (Phi) is 6.36. The second-order valence-corrected chi connectivity index (χ2v) is 10.3. The SMILES string of the molecule is CCC(C)(C)[C@H]1CCc2c(sc(NC(=O)[C@H]3CCCC[C@@H]3C(=O)[O-])c2C(N)=O)C1. The molecule has 0 spiro atoms. The predicted octanol–water partition coefficient (Wildman–Crippen LogP) is 2.88. The fraction of sp³-hybridized carbons (Fsp3) is 0.682. The summed E-state index contributed by atoms with van der Waals surface area (Å²) in [6.07, 6.45) is 6.31. The van der Waals surface area contributed by atoms with Gasteiger partial charge in [-0.1, -0.05) is 40.0 Å². The van der Waals surface area contributed by atoms with Crippen molar-refractivity contribution in [2.24, 2.45) is 28.9 Å². The summed E-state index contributed by atoms with van der Waals surface area (Å²) >= 11 is 1.43. The maximum absolute atomic E-state index is 12.9. The number of rotatable bonds is 6. The number of carboxylic acids is 1. The van der Waals surface area contributed by atoms with E-state index in [1.165, 1.54) is 11.3 Å². The first-order valence-electron chi connectivity index (χ1n) is 10.6. The van der Waals surface area contributed by atoms with Crippen LogP contribution in [0.15, 0.2) is 0 Å². The number of thiophene rings is 1. The molecule has 3 rings (SSSR count). The summed E-state index contributed by atoms with van der Waals surface area (Å²) in [6, 6.07) is 0. The number of hydrogen-bond acceptors (Lipinski definition) is 5. The molecule has 1 aromatic rings. The molecule has 6 nitrogen and oxygen atoms in total. The third-order valence-corrected chi connectivity index (χ3v) is 8.34. The fourth-order valence-electron chi connectivity index (χ4n) is 4.82. The van der Waals surface area contributed by atoms with Crippen LogP contribution in [0.4, 0.5) is 5.00 Å². The maximum atomic E-state index is 12.9. The first-order valence-corrected chi connectivity index (χ1v) is 11.4. The average molecular weight is 420 g/mol. The highest BCUT2D eigenvalue weighted by molar-refractivity contribution is 7.17. The molecule has 0 unspecified atom stereocenters. The van der Waals surface area contributed by atoms with Crippen LogP contribution in [0.25, 0.3) is 0 Å². The van der Waals surface area contributed by atoms with Gasteiger partial charge >= 0.3 is 0 Å². The van der Waals surface area contributed by atoms with Gasteiger partial charge < -0.3 is 21.0 Å². The lowest BCUT2D eigenvalue weighted by Gasteiger charge is -2.36. The first-order chi connectivity index (χ1) is 13.7. The summed E-state index contributed by atoms with van der Waals surface area (Å²) < 4.78 is 0. The number of carbonyl (C=O) groups excluding carboxylic acids is 3. The minimum absolute atomic E-state index is 0.210. The van der Waals surface area contributed by atoms with Crippen molar-refractivity contribution in [3.8, 4) is 0 Å². The van der Waals surface area contributed by atoms with Gasteiger partial charge in [0.15, 0.2) is 0 Å². The Morgan fingerprint density at radius 1 is 1.17 bits per heavy atom. The van der Waals surface area contributed by atoms with Crippen molar-refractivity contribution < 1.29 is 19.5 Å². The zero-order chi connectivity index (χ0) is 21.3. The summed E-state index contributed by atoms with van der Waals surface area (Å²) in [6.45, 7) is 6.75. The molecule has 0 bridgehead atoms. The van der Waals surface area contributed by atoms with Crippen LogP contribution in [-0.2, 0) is 22.4 Å². The van der Waals surface area contributed by atoms with Crippen LogP contribution in [0.5, 0.6) is 0 Å². The Labute approximate surface area is 176 Å². The maximum Gasteiger partial charge on any atom is 0.251 e. The number of aliphatic carboxylic acids is 1. The standard InChI is InChI=1S/C22H32N2O4S/c1-4-22(2,3)12-9-10-15-16(11-12)29-20(17(15)18(23)25)24-19(26)13-7-5-6-8-14(13)21(27)28/h12-14H,4-11H2,1-3H3,(H2,23,25)(H,24,26)(H,27,28)/p-1/t12-,13-,14-/m0/s1. The number of hydrogen-bond donors (Lipinski definition) is 2. The molecule has 2 aliphatic rings. The molecule has 0 aliphatic heterocycles. The lowest BCUT2D eigenvalue weighted by atomic mass is 9.69. The van der Waals surface area contributed by atoms with Crippen molar-refractivity contribution in [1.82, 2.24) is 0 Å². The van der Waals surface area contributed by atoms with Crippen molar-refractivity contribution >= 4 is 34.1 Å². The van der Waals surface area contributed by atoms with E-state index in [2.05, 4.69) is 26.1 Å². The predicted molar refractivity (Wildman–Crippen MR) is 112 cm³/mol. The van der Waals surface area contributed by atoms with Crippen LogP contribution < -0.4 is 16.2 Å². The molecule has 1 saturated carbocycles. The van der Waals surface area contributed by atoms with Gasteiger partial charge in [0.05, 0.1) is 5.56 Å². The first kappa shape index (κ1) is 21.8. The Morgan fingerprint density at radius 2 is 1.83 bits per heavy atom. The second-order valence-electron chi connectivity index (χ2n) is 9.16. The van der Waals surface area contributed by atoms with E-state index < -0.39 is 23.7 Å². The van der Waals surface area contributed by atoms with Crippen molar-refractivity contribution in [3.63, 3.8) is 0 Å². The summed E-state index contributed by atoms with van der Waals surface area (Å²) in [5.41, 5.74) is 7.25. The lowest BCUT2D eigenvalue weighted by Crippen LogP contribution is -2.42. The number of carbonyl (C=O) groups is 3. The van der Waals surface area contributed by atoms with Crippen LogP contribution >= 0.6 is 11.3 Å². The number of nitrogens with two attached hydrogens (primary N) is 1. The quantitative estimate of drug-likeness (QED) is 0.738. The van der Waals surface area contributed by atoms with Gasteiger partial charge in [0.2, 0.25) is 5.91 Å². The van der Waals surface area contributed by atoms with E-state index in [0.717, 1.165) is 49.0 Å². The van der Waals surface area contributed by atoms with Gasteiger partial charge in [-0.3, -0.25) is 9.59 Å². The number of amides is 2. The summed E-state index contributed by atoms with van der Waals surface area (Å²) in [5, 5.41) is 14.8. The van der Waals surface area contributed by atoms with Gasteiger partial charge in [0.25, 0.3) is 5.91 Å². The van der Waals surface area contributed by atoms with Crippen molar-refractivity contribution in [1.29, 1.82) is 0 Å². The minimum Gasteiger partial charge on any atom is -0.550 e. The highest BCUT2D eigenvalue weighted by atomic mass is 32.1. The molecule has 0 radical (unpaired) electrons. The minimum atomic E-state index is -1.17. The number of carboxylic acid groups (broad SMARTS) is 1. The largest absolute Gasteiger partial charge is 0.550 e. The third kappa shape index (κ3) is 4.34. The number of fused-ring (bicyclic) bond motifs is 1. The van der Waals surface area contributed by atoms with Crippen LogP contribution in [0, 0.1) is 23.2 Å². The zero-order valence-corrected chi connectivity index (χ0v) is 18.3. The van der Waals surface area contributed by atoms with E-state index in [4.69, 9.17) is 5.73 Å². The molecular weight excluding hydrogens is 388 g/mol. The highest BCUT2D eigenvalue weighted by Crippen LogP contribution is 2.45. The third-order valence-electron chi connectivity index (χ3n) is 7.17. The van der Waals surface area contributed by atoms with E-state index in [9.17, 15) is 19.5 Å². The van der Waals surface area contributed by atoms with Crippen LogP contribution in [0.2, 0.25) is 0 Å². The highest BCUT2D eigenvalue weighted by Gasteiger charge is 2.36. The number of nitrogens with one attached hydrogen (secondary N) is 1. The van der Waals surface area contributed by atoms with Gasteiger partial charge in [-0.05, 0) is 49.0 Å². The summed E-state index contributed by atoms with van der Waals surface area (Å²) in [4.78, 5) is 37.7. The van der Waals surface area contributed by atoms with E-state index in [-0.39, 0.29) is 11.3 Å². The second kappa shape index (κ2) is 8.46. The Balaban J connectivity index is 1.86. The van der Waals surface area contributed by atoms with Gasteiger partial charge in [0.1, 0.15) is 5.00 Å². The molecule has 3 N–H and O–H groups in total. The summed E-state index contributed by atoms with van der Waals surface area (Å²) in [7, 11) is 0. The molecule has 2 amide bonds. The Morgan fingerprint density at radius 3 is 2.41 bits per heavy atom. The van der Waals surface area contributed by atoms with Gasteiger partial charge in [-0.15, -0.1) is 11.3 Å². The van der Waals surface area contributed by atoms with Crippen LogP contribution in [-0.4, -0.2) is 17.8 Å². The Bertz CT molecular complexity index is 814. The van der Waals surface area contributed by atoms with E-state index in [0.29, 0.717) is 29.3 Å². The van der Waals surface area contributed by atoms with Crippen LogP contribution in [0.1, 0.15) is 80.1 Å². The van der Waals surface area contributed by atoms with Crippen molar-refractivity contribution in [2.75, 3.05) is 5.32 Å². The van der Waals surface area contributed by atoms with Crippen LogP contribution in [0.3, 0.4) is 0 Å².